The van der Waals surface area contributed by atoms with Gasteiger partial charge >= 0.3 is 0 Å². The highest BCUT2D eigenvalue weighted by molar-refractivity contribution is 7.19. The Balaban J connectivity index is 1.64. The van der Waals surface area contributed by atoms with Crippen LogP contribution in [0.1, 0.15) is 23.4 Å². The van der Waals surface area contributed by atoms with Crippen LogP contribution in [0.15, 0.2) is 36.4 Å². The van der Waals surface area contributed by atoms with Gasteiger partial charge in [0.05, 0.1) is 22.2 Å². The van der Waals surface area contributed by atoms with Gasteiger partial charge in [0, 0.05) is 48.4 Å². The van der Waals surface area contributed by atoms with Crippen molar-refractivity contribution < 1.29 is 4.79 Å². The Kier molecular flexibility index (Phi) is 4.42. The second-order valence-corrected chi connectivity index (χ2v) is 9.24. The van der Waals surface area contributed by atoms with Gasteiger partial charge in [-0.05, 0) is 43.7 Å². The monoisotopic (exact) mass is 415 g/mol. The molecule has 0 unspecified atom stereocenters. The number of hydrogen-bond acceptors (Lipinski definition) is 6. The summed E-state index contributed by atoms with van der Waals surface area (Å²) in [5, 5.41) is 13.4. The lowest BCUT2D eigenvalue weighted by molar-refractivity contribution is -0.118. The van der Waals surface area contributed by atoms with E-state index < -0.39 is 0 Å². The Bertz CT molecular complexity index is 1180. The maximum atomic E-state index is 12.8. The molecule has 0 atom stereocenters. The van der Waals surface area contributed by atoms with E-state index >= 15 is 0 Å². The molecule has 6 nitrogen and oxygen atoms in total. The fraction of sp³-hybridized carbons (Fsp3) is 0.304. The summed E-state index contributed by atoms with van der Waals surface area (Å²) in [5.41, 5.74) is 5.23. The molecule has 2 aliphatic heterocycles. The molecular formula is C23H21N5OS. The predicted molar refractivity (Wildman–Crippen MR) is 117 cm³/mol. The molecule has 1 spiro atoms. The third-order valence-corrected chi connectivity index (χ3v) is 6.90. The fourth-order valence-corrected chi connectivity index (χ4v) is 5.39. The number of aromatic nitrogens is 2. The number of nitrogens with one attached hydrogen (secondary N) is 1. The second kappa shape index (κ2) is 7.01. The molecule has 1 N–H and O–H groups in total. The molecule has 0 aliphatic carbocycles. The molecule has 0 saturated carbocycles. The van der Waals surface area contributed by atoms with Gasteiger partial charge in [0.15, 0.2) is 5.13 Å². The third kappa shape index (κ3) is 3.18. The molecule has 5 rings (SSSR count). The first-order chi connectivity index (χ1) is 14.5. The van der Waals surface area contributed by atoms with Crippen molar-refractivity contribution in [2.45, 2.75) is 20.3 Å². The summed E-state index contributed by atoms with van der Waals surface area (Å²) in [4.78, 5) is 25.0. The molecule has 3 aromatic rings. The van der Waals surface area contributed by atoms with Crippen molar-refractivity contribution in [1.82, 2.24) is 15.3 Å². The van der Waals surface area contributed by atoms with Crippen LogP contribution in [0.4, 0.5) is 5.13 Å². The maximum absolute atomic E-state index is 12.8. The number of carbonyl (C=O) groups excluding carboxylic acids is 1. The maximum Gasteiger partial charge on any atom is 0.229 e. The van der Waals surface area contributed by atoms with E-state index in [1.807, 2.05) is 49.1 Å². The summed E-state index contributed by atoms with van der Waals surface area (Å²) in [6, 6.07) is 13.8. The van der Waals surface area contributed by atoms with Crippen molar-refractivity contribution in [1.29, 1.82) is 5.26 Å². The van der Waals surface area contributed by atoms with Gasteiger partial charge in [-0.1, -0.05) is 23.5 Å². The quantitative estimate of drug-likeness (QED) is 0.706. The highest BCUT2D eigenvalue weighted by Gasteiger charge is 2.48. The topological polar surface area (TPSA) is 81.9 Å². The van der Waals surface area contributed by atoms with Crippen LogP contribution in [0, 0.1) is 30.6 Å². The van der Waals surface area contributed by atoms with Crippen LogP contribution >= 0.6 is 11.3 Å². The van der Waals surface area contributed by atoms with Crippen molar-refractivity contribution in [2.24, 2.45) is 5.41 Å². The Morgan fingerprint density at radius 3 is 2.53 bits per heavy atom. The first kappa shape index (κ1) is 18.9. The van der Waals surface area contributed by atoms with E-state index in [2.05, 4.69) is 16.4 Å². The van der Waals surface area contributed by atoms with Crippen LogP contribution in [-0.2, 0) is 4.79 Å². The lowest BCUT2D eigenvalue weighted by atomic mass is 9.81. The molecule has 4 heterocycles. The lowest BCUT2D eigenvalue weighted by Crippen LogP contribution is -2.54. The summed E-state index contributed by atoms with van der Waals surface area (Å²) < 4.78 is 0. The van der Waals surface area contributed by atoms with Gasteiger partial charge in [0.1, 0.15) is 0 Å². The number of aryl methyl sites for hydroxylation is 2. The summed E-state index contributed by atoms with van der Waals surface area (Å²) in [5.74, 6) is 0.135. The summed E-state index contributed by atoms with van der Waals surface area (Å²) in [6.07, 6.45) is 0.571. The van der Waals surface area contributed by atoms with E-state index in [4.69, 9.17) is 4.98 Å². The second-order valence-electron chi connectivity index (χ2n) is 8.27. The summed E-state index contributed by atoms with van der Waals surface area (Å²) >= 11 is 1.54. The Hall–Kier alpha value is -3.08. The number of anilines is 1. The fourth-order valence-electron chi connectivity index (χ4n) is 4.30. The van der Waals surface area contributed by atoms with Gasteiger partial charge in [0.25, 0.3) is 0 Å². The molecule has 0 bridgehead atoms. The van der Waals surface area contributed by atoms with Crippen molar-refractivity contribution in [3.8, 4) is 27.8 Å². The average molecular weight is 416 g/mol. The van der Waals surface area contributed by atoms with Crippen molar-refractivity contribution in [3.63, 3.8) is 0 Å². The van der Waals surface area contributed by atoms with Crippen molar-refractivity contribution in [2.75, 3.05) is 24.5 Å². The Morgan fingerprint density at radius 2 is 1.90 bits per heavy atom. The van der Waals surface area contributed by atoms with Gasteiger partial charge in [0.2, 0.25) is 5.91 Å². The minimum atomic E-state index is 0.0493. The van der Waals surface area contributed by atoms with Gasteiger partial charge in [-0.3, -0.25) is 14.7 Å². The normalized spacial score (nSPS) is 17.2. The molecule has 2 saturated heterocycles. The van der Waals surface area contributed by atoms with Gasteiger partial charge in [-0.25, -0.2) is 4.98 Å². The van der Waals surface area contributed by atoms with Crippen LogP contribution in [0.2, 0.25) is 0 Å². The number of benzene rings is 1. The predicted octanol–water partition coefficient (Wildman–Crippen LogP) is 3.69. The number of amides is 1. The number of carbonyl (C=O) groups is 1. The lowest BCUT2D eigenvalue weighted by Gasteiger charge is -2.38. The number of rotatable bonds is 3. The molecule has 7 heteroatoms. The minimum Gasteiger partial charge on any atom is -0.315 e. The SMILES string of the molecule is Cc1cc(-c2sc(N3CC4(CNC4)CC3=O)nc2-c2cccc(C#N)c2)cc(C)n1. The van der Waals surface area contributed by atoms with Gasteiger partial charge < -0.3 is 5.32 Å². The van der Waals surface area contributed by atoms with Crippen molar-refractivity contribution in [3.05, 3.63) is 53.3 Å². The Labute approximate surface area is 179 Å². The first-order valence-corrected chi connectivity index (χ1v) is 10.8. The largest absolute Gasteiger partial charge is 0.315 e. The van der Waals surface area contributed by atoms with E-state index in [0.717, 1.165) is 51.3 Å². The molecule has 1 aromatic carbocycles. The summed E-state index contributed by atoms with van der Waals surface area (Å²) in [6.45, 7) is 6.43. The molecule has 1 amide bonds. The number of thiazole rings is 1. The van der Waals surface area contributed by atoms with E-state index in [9.17, 15) is 10.1 Å². The smallest absolute Gasteiger partial charge is 0.229 e. The molecule has 2 aliphatic rings. The average Bonchev–Trinajstić information content (AvgIpc) is 3.29. The molecule has 150 valence electrons. The van der Waals surface area contributed by atoms with E-state index in [-0.39, 0.29) is 11.3 Å². The number of nitriles is 1. The molecule has 0 radical (unpaired) electrons. The Morgan fingerprint density at radius 1 is 1.13 bits per heavy atom. The van der Waals surface area contributed by atoms with Gasteiger partial charge in [-0.2, -0.15) is 5.26 Å². The molecule has 2 fully saturated rings. The zero-order valence-corrected chi connectivity index (χ0v) is 17.7. The number of pyridine rings is 1. The van der Waals surface area contributed by atoms with Crippen LogP contribution in [0.25, 0.3) is 21.7 Å². The highest BCUT2D eigenvalue weighted by atomic mass is 32.1. The molecular weight excluding hydrogens is 394 g/mol. The zero-order valence-electron chi connectivity index (χ0n) is 16.9. The molecule has 30 heavy (non-hydrogen) atoms. The number of nitrogens with zero attached hydrogens (tertiary/aromatic N) is 4. The zero-order chi connectivity index (χ0) is 20.9. The van der Waals surface area contributed by atoms with Crippen LogP contribution in [0.5, 0.6) is 0 Å². The highest BCUT2D eigenvalue weighted by Crippen LogP contribution is 2.44. The van der Waals surface area contributed by atoms with Crippen LogP contribution < -0.4 is 10.2 Å². The van der Waals surface area contributed by atoms with Crippen molar-refractivity contribution >= 4 is 22.4 Å². The van der Waals surface area contributed by atoms with Crippen LogP contribution in [-0.4, -0.2) is 35.5 Å². The van der Waals surface area contributed by atoms with E-state index in [0.29, 0.717) is 18.5 Å². The summed E-state index contributed by atoms with van der Waals surface area (Å²) in [7, 11) is 0. The standard InChI is InChI=1S/C23H21N5OS/c1-14-6-18(7-15(2)26-14)21-20(17-5-3-4-16(8-17)10-24)27-22(30-21)28-13-23(9-19(28)29)11-25-12-23/h3-8,25H,9,11-13H2,1-2H3. The van der Waals surface area contributed by atoms with Gasteiger partial charge in [-0.15, -0.1) is 0 Å². The van der Waals surface area contributed by atoms with E-state index in [1.165, 1.54) is 11.3 Å². The molecule has 2 aromatic heterocycles. The van der Waals surface area contributed by atoms with Crippen LogP contribution in [0.3, 0.4) is 0 Å². The van der Waals surface area contributed by atoms with E-state index in [1.54, 1.807) is 6.07 Å². The first-order valence-electron chi connectivity index (χ1n) is 9.94. The number of hydrogen-bond donors (Lipinski definition) is 1. The minimum absolute atomic E-state index is 0.0493. The third-order valence-electron chi connectivity index (χ3n) is 5.78.